The molecule has 1 saturated heterocycles. The van der Waals surface area contributed by atoms with E-state index in [-0.39, 0.29) is 53.5 Å². The lowest BCUT2D eigenvalue weighted by Gasteiger charge is -2.28. The number of nitrogens with zero attached hydrogens (tertiary/aromatic N) is 7. The second kappa shape index (κ2) is 13.0. The summed E-state index contributed by atoms with van der Waals surface area (Å²) >= 11 is 3.29. The molecule has 0 spiro atoms. The largest absolute Gasteiger partial charge is 0.355 e. The summed E-state index contributed by atoms with van der Waals surface area (Å²) in [6.07, 6.45) is 11.4. The van der Waals surface area contributed by atoms with Crippen molar-refractivity contribution in [1.82, 2.24) is 39.9 Å². The minimum Gasteiger partial charge on any atom is -0.355 e. The van der Waals surface area contributed by atoms with Gasteiger partial charge in [-0.05, 0) is 77.7 Å². The first-order valence-corrected chi connectivity index (χ1v) is 17.5. The molecule has 4 aromatic rings. The summed E-state index contributed by atoms with van der Waals surface area (Å²) in [6.45, 7) is 5.60. The van der Waals surface area contributed by atoms with E-state index in [4.69, 9.17) is 5.10 Å². The van der Waals surface area contributed by atoms with E-state index in [2.05, 4.69) is 59.5 Å². The highest BCUT2D eigenvalue weighted by Crippen LogP contribution is 2.64. The molecule has 4 atom stereocenters. The van der Waals surface area contributed by atoms with Crippen LogP contribution in [0.3, 0.4) is 0 Å². The number of carbonyl (C=O) groups excluding carboxylic acids is 4. The lowest BCUT2D eigenvalue weighted by atomic mass is 9.95. The van der Waals surface area contributed by atoms with Gasteiger partial charge in [0.1, 0.15) is 28.7 Å². The van der Waals surface area contributed by atoms with Gasteiger partial charge in [-0.1, -0.05) is 19.8 Å². The van der Waals surface area contributed by atoms with Crippen molar-refractivity contribution in [2.75, 3.05) is 11.9 Å². The van der Waals surface area contributed by atoms with Crippen LogP contribution < -0.4 is 10.6 Å². The standard InChI is InChI=1S/C35H38BrN9O4/c1-19-33-35(19)12-26(34(49)42-28-16-37-15-27(36)41-28)45(33)30(48)17-44-32-22(8-6-4-5-7-9-29(47)40-18-35)10-23(24-13-38-21(3)39-14-24)11-25(32)31(43-44)20(2)46/h10-11,13-16,19,26,33H,4-9,12,17-18H2,1-3H3,(H,40,47)(H,41,42,49)/t19?,26-,33?,35+/m0/s1. The third-order valence-electron chi connectivity index (χ3n) is 10.4. The molecule has 1 aromatic carbocycles. The Balaban J connectivity index is 1.30. The van der Waals surface area contributed by atoms with Crippen LogP contribution in [0.5, 0.6) is 0 Å². The molecule has 14 heteroatoms. The highest BCUT2D eigenvalue weighted by atomic mass is 79.9. The van der Waals surface area contributed by atoms with E-state index < -0.39 is 11.5 Å². The number of aromatic nitrogens is 6. The van der Waals surface area contributed by atoms with Crippen LogP contribution in [0.4, 0.5) is 5.82 Å². The predicted octanol–water partition coefficient (Wildman–Crippen LogP) is 4.42. The zero-order chi connectivity index (χ0) is 34.4. The minimum absolute atomic E-state index is 0.0154. The van der Waals surface area contributed by atoms with Crippen molar-refractivity contribution in [2.24, 2.45) is 11.3 Å². The molecule has 3 amide bonds. The number of benzene rings is 1. The van der Waals surface area contributed by atoms with Gasteiger partial charge in [-0.3, -0.25) is 28.8 Å². The predicted molar refractivity (Wildman–Crippen MR) is 184 cm³/mol. The molecular weight excluding hydrogens is 690 g/mol. The fourth-order valence-corrected chi connectivity index (χ4v) is 8.15. The highest BCUT2D eigenvalue weighted by molar-refractivity contribution is 9.10. The third-order valence-corrected chi connectivity index (χ3v) is 10.8. The van der Waals surface area contributed by atoms with Gasteiger partial charge in [0.25, 0.3) is 0 Å². The number of nitrogens with one attached hydrogen (secondary N) is 2. The first-order chi connectivity index (χ1) is 23.6. The Bertz CT molecular complexity index is 1980. The number of ketones is 1. The van der Waals surface area contributed by atoms with E-state index in [9.17, 15) is 19.2 Å². The number of hydrogen-bond donors (Lipinski definition) is 2. The van der Waals surface area contributed by atoms with Crippen molar-refractivity contribution in [3.63, 3.8) is 0 Å². The molecule has 254 valence electrons. The van der Waals surface area contributed by atoms with E-state index in [0.717, 1.165) is 47.9 Å². The number of aryl methyl sites for hydroxylation is 2. The topological polar surface area (TPSA) is 165 Å². The van der Waals surface area contributed by atoms with E-state index in [1.807, 2.05) is 13.0 Å². The van der Waals surface area contributed by atoms with Crippen LogP contribution in [0.15, 0.2) is 41.5 Å². The summed E-state index contributed by atoms with van der Waals surface area (Å²) in [7, 11) is 0. The molecule has 2 unspecified atom stereocenters. The zero-order valence-electron chi connectivity index (χ0n) is 27.7. The number of Topliss-reactive ketones (excluding diaryl/α,β-unsaturated/α-hetero) is 1. The van der Waals surface area contributed by atoms with Crippen molar-refractivity contribution < 1.29 is 19.2 Å². The Morgan fingerprint density at radius 2 is 1.78 bits per heavy atom. The molecule has 2 aliphatic heterocycles. The lowest BCUT2D eigenvalue weighted by molar-refractivity contribution is -0.139. The lowest BCUT2D eigenvalue weighted by Crippen LogP contribution is -2.47. The maximum absolute atomic E-state index is 14.5. The molecule has 3 aromatic heterocycles. The third kappa shape index (κ3) is 6.22. The highest BCUT2D eigenvalue weighted by Gasteiger charge is 2.72. The molecule has 7 rings (SSSR count). The number of halogens is 1. The molecule has 1 saturated carbocycles. The van der Waals surface area contributed by atoms with Gasteiger partial charge >= 0.3 is 0 Å². The minimum atomic E-state index is -0.799. The fourth-order valence-electron chi connectivity index (χ4n) is 7.84. The molecule has 0 radical (unpaired) electrons. The fraction of sp³-hybridized carbons (Fsp3) is 0.457. The van der Waals surface area contributed by atoms with Crippen molar-refractivity contribution >= 4 is 56.2 Å². The molecule has 3 aliphatic rings. The average molecular weight is 729 g/mol. The van der Waals surface area contributed by atoms with Crippen molar-refractivity contribution in [3.8, 4) is 11.1 Å². The molecule has 49 heavy (non-hydrogen) atoms. The van der Waals surface area contributed by atoms with E-state index in [0.29, 0.717) is 41.6 Å². The first-order valence-electron chi connectivity index (χ1n) is 16.8. The van der Waals surface area contributed by atoms with Gasteiger partial charge in [0.05, 0.1) is 17.9 Å². The number of piperidine rings is 1. The molecule has 5 heterocycles. The zero-order valence-corrected chi connectivity index (χ0v) is 29.3. The summed E-state index contributed by atoms with van der Waals surface area (Å²) in [4.78, 5) is 73.1. The number of carbonyl (C=O) groups is 4. The molecule has 2 bridgehead atoms. The van der Waals surface area contributed by atoms with Crippen LogP contribution >= 0.6 is 15.9 Å². The number of hydrogen-bond acceptors (Lipinski definition) is 9. The number of amides is 3. The first kappa shape index (κ1) is 32.9. The summed E-state index contributed by atoms with van der Waals surface area (Å²) in [5.41, 5.74) is 3.22. The van der Waals surface area contributed by atoms with Gasteiger partial charge in [0.15, 0.2) is 11.6 Å². The van der Waals surface area contributed by atoms with Crippen LogP contribution in [0.1, 0.15) is 74.2 Å². The van der Waals surface area contributed by atoms with Gasteiger partial charge in [-0.25, -0.2) is 15.0 Å². The van der Waals surface area contributed by atoms with Crippen LogP contribution in [0.25, 0.3) is 22.0 Å². The molecule has 2 N–H and O–H groups in total. The number of anilines is 1. The van der Waals surface area contributed by atoms with Gasteiger partial charge in [0, 0.05) is 54.7 Å². The van der Waals surface area contributed by atoms with Gasteiger partial charge < -0.3 is 15.5 Å². The maximum atomic E-state index is 14.5. The maximum Gasteiger partial charge on any atom is 0.248 e. The Hall–Kier alpha value is -4.59. The van der Waals surface area contributed by atoms with E-state index >= 15 is 0 Å². The van der Waals surface area contributed by atoms with Crippen LogP contribution in [-0.4, -0.2) is 76.7 Å². The Kier molecular flexibility index (Phi) is 8.76. The van der Waals surface area contributed by atoms with Gasteiger partial charge in [0.2, 0.25) is 17.7 Å². The Labute approximate surface area is 291 Å². The van der Waals surface area contributed by atoms with E-state index in [1.165, 1.54) is 19.3 Å². The normalized spacial score (nSPS) is 24.2. The summed E-state index contributed by atoms with van der Waals surface area (Å²) in [5.74, 6) is 0.114. The Morgan fingerprint density at radius 3 is 2.51 bits per heavy atom. The van der Waals surface area contributed by atoms with Crippen LogP contribution in [0.2, 0.25) is 0 Å². The van der Waals surface area contributed by atoms with E-state index in [1.54, 1.807) is 22.0 Å². The Morgan fingerprint density at radius 1 is 1.02 bits per heavy atom. The van der Waals surface area contributed by atoms with Crippen LogP contribution in [-0.2, 0) is 27.3 Å². The monoisotopic (exact) mass is 727 g/mol. The smallest absolute Gasteiger partial charge is 0.248 e. The molecule has 2 fully saturated rings. The number of rotatable bonds is 4. The van der Waals surface area contributed by atoms with Crippen molar-refractivity contribution in [2.45, 2.75) is 84.3 Å². The van der Waals surface area contributed by atoms with Crippen molar-refractivity contribution in [3.05, 3.63) is 58.6 Å². The molecule has 13 nitrogen and oxygen atoms in total. The summed E-state index contributed by atoms with van der Waals surface area (Å²) < 4.78 is 2.11. The quantitative estimate of drug-likeness (QED) is 0.290. The van der Waals surface area contributed by atoms with Gasteiger partial charge in [-0.15, -0.1) is 0 Å². The second-order valence-electron chi connectivity index (χ2n) is 13.5. The SMILES string of the molecule is CC(=O)c1nn2c3c(cc(-c4cnc(C)nc4)cc13)CCCCCCC(=O)NC[C@@]13C[C@@H](C(=O)Nc4cncc(Br)n4)N(C(=O)C2)C1C3C. The summed E-state index contributed by atoms with van der Waals surface area (Å²) in [6, 6.07) is 2.95. The van der Waals surface area contributed by atoms with Crippen LogP contribution in [0, 0.1) is 18.3 Å². The molecule has 1 aliphatic carbocycles. The van der Waals surface area contributed by atoms with Crippen molar-refractivity contribution in [1.29, 1.82) is 0 Å². The summed E-state index contributed by atoms with van der Waals surface area (Å²) in [5, 5.41) is 11.4. The average Bonchev–Trinajstić information content (AvgIpc) is 3.34. The molecular formula is C35H38BrN9O4. The second-order valence-corrected chi connectivity index (χ2v) is 14.3. The van der Waals surface area contributed by atoms with Gasteiger partial charge in [-0.2, -0.15) is 5.10 Å².